The Morgan fingerprint density at radius 3 is 2.41 bits per heavy atom. The maximum atomic E-state index is 13.6. The molecule has 0 bridgehead atoms. The molecule has 3 heterocycles. The van der Waals surface area contributed by atoms with Gasteiger partial charge in [-0.05, 0) is 54.4 Å². The molecule has 5 rings (SSSR count). The van der Waals surface area contributed by atoms with Crippen LogP contribution in [-0.2, 0) is 9.84 Å². The molecule has 0 aliphatic heterocycles. The van der Waals surface area contributed by atoms with E-state index in [2.05, 4.69) is 20.1 Å². The van der Waals surface area contributed by atoms with Crippen LogP contribution in [0.3, 0.4) is 0 Å². The summed E-state index contributed by atoms with van der Waals surface area (Å²) >= 11 is 0. The third-order valence-electron chi connectivity index (χ3n) is 5.03. The van der Waals surface area contributed by atoms with Crippen LogP contribution in [0.1, 0.15) is 11.1 Å². The SMILES string of the molecule is Cc1cccc(S(=O)(=O)c2c(N)n(/N=C/c3ccncc3)c3nc4ccccc4nc23)c1. The Kier molecular flexibility index (Phi) is 4.67. The van der Waals surface area contributed by atoms with Crippen LogP contribution in [0, 0.1) is 6.92 Å². The van der Waals surface area contributed by atoms with Crippen molar-refractivity contribution in [3.05, 3.63) is 84.2 Å². The second-order valence-electron chi connectivity index (χ2n) is 7.26. The molecule has 0 aliphatic rings. The molecule has 8 nitrogen and oxygen atoms in total. The molecule has 0 radical (unpaired) electrons. The van der Waals surface area contributed by atoms with E-state index in [0.717, 1.165) is 11.1 Å². The molecular formula is C23H18N6O2S. The van der Waals surface area contributed by atoms with Crippen molar-refractivity contribution in [3.8, 4) is 0 Å². The number of aryl methyl sites for hydroxylation is 1. The van der Waals surface area contributed by atoms with Gasteiger partial charge in [-0.15, -0.1) is 0 Å². The summed E-state index contributed by atoms with van der Waals surface area (Å²) in [5, 5.41) is 4.43. The quantitative estimate of drug-likeness (QED) is 0.425. The molecule has 0 fully saturated rings. The number of benzene rings is 2. The maximum absolute atomic E-state index is 13.6. The Morgan fingerprint density at radius 1 is 0.969 bits per heavy atom. The Bertz CT molecular complexity index is 1610. The van der Waals surface area contributed by atoms with Gasteiger partial charge in [-0.3, -0.25) is 4.98 Å². The van der Waals surface area contributed by atoms with Gasteiger partial charge in [0.15, 0.2) is 5.65 Å². The van der Waals surface area contributed by atoms with Gasteiger partial charge in [-0.25, -0.2) is 18.4 Å². The molecule has 2 N–H and O–H groups in total. The molecule has 2 aromatic carbocycles. The topological polar surface area (TPSA) is 116 Å². The van der Waals surface area contributed by atoms with E-state index in [9.17, 15) is 8.42 Å². The molecule has 0 amide bonds. The van der Waals surface area contributed by atoms with E-state index in [4.69, 9.17) is 5.73 Å². The highest BCUT2D eigenvalue weighted by molar-refractivity contribution is 7.92. The van der Waals surface area contributed by atoms with E-state index in [1.54, 1.807) is 61.1 Å². The molecule has 0 spiro atoms. The summed E-state index contributed by atoms with van der Waals surface area (Å²) < 4.78 is 28.6. The van der Waals surface area contributed by atoms with Gasteiger partial charge in [0.25, 0.3) is 0 Å². The number of nitrogens with two attached hydrogens (primary N) is 1. The zero-order valence-electron chi connectivity index (χ0n) is 17.0. The number of nitrogens with zero attached hydrogens (tertiary/aromatic N) is 5. The van der Waals surface area contributed by atoms with E-state index >= 15 is 0 Å². The standard InChI is InChI=1S/C23H18N6O2S/c1-15-5-4-6-17(13-15)32(30,31)21-20-23(28-19-8-3-2-7-18(19)27-20)29(22(21)24)26-14-16-9-11-25-12-10-16/h2-14H,24H2,1H3/b26-14+. The van der Waals surface area contributed by atoms with E-state index in [0.29, 0.717) is 11.0 Å². The zero-order valence-corrected chi connectivity index (χ0v) is 17.9. The van der Waals surface area contributed by atoms with Crippen molar-refractivity contribution in [2.75, 3.05) is 5.73 Å². The minimum absolute atomic E-state index is 0.0536. The van der Waals surface area contributed by atoms with E-state index in [1.165, 1.54) is 4.68 Å². The number of sulfone groups is 1. The van der Waals surface area contributed by atoms with Crippen LogP contribution in [-0.4, -0.2) is 34.3 Å². The zero-order chi connectivity index (χ0) is 22.3. The van der Waals surface area contributed by atoms with Gasteiger partial charge in [-0.2, -0.15) is 9.78 Å². The molecule has 0 saturated heterocycles. The van der Waals surface area contributed by atoms with Crippen molar-refractivity contribution in [1.82, 2.24) is 19.6 Å². The minimum atomic E-state index is -3.98. The summed E-state index contributed by atoms with van der Waals surface area (Å²) in [6.07, 6.45) is 4.84. The number of anilines is 1. The fourth-order valence-corrected chi connectivity index (χ4v) is 5.07. The lowest BCUT2D eigenvalue weighted by molar-refractivity contribution is 0.597. The number of hydrogen-bond donors (Lipinski definition) is 1. The van der Waals surface area contributed by atoms with Crippen molar-refractivity contribution in [2.24, 2.45) is 5.10 Å². The maximum Gasteiger partial charge on any atom is 0.212 e. The Balaban J connectivity index is 1.82. The third-order valence-corrected chi connectivity index (χ3v) is 6.84. The number of fused-ring (bicyclic) bond motifs is 2. The van der Waals surface area contributed by atoms with Gasteiger partial charge < -0.3 is 5.73 Å². The van der Waals surface area contributed by atoms with E-state index < -0.39 is 9.84 Å². The van der Waals surface area contributed by atoms with Crippen LogP contribution in [0.15, 0.2) is 87.9 Å². The molecule has 32 heavy (non-hydrogen) atoms. The van der Waals surface area contributed by atoms with Crippen LogP contribution in [0.4, 0.5) is 5.82 Å². The first-order valence-electron chi connectivity index (χ1n) is 9.78. The van der Waals surface area contributed by atoms with Gasteiger partial charge in [0.2, 0.25) is 9.84 Å². The van der Waals surface area contributed by atoms with Gasteiger partial charge >= 0.3 is 0 Å². The fourth-order valence-electron chi connectivity index (χ4n) is 3.48. The molecule has 158 valence electrons. The minimum Gasteiger partial charge on any atom is -0.382 e. The number of pyridine rings is 1. The van der Waals surface area contributed by atoms with E-state index in [1.807, 2.05) is 25.1 Å². The number of hydrogen-bond acceptors (Lipinski definition) is 7. The van der Waals surface area contributed by atoms with Crippen molar-refractivity contribution in [3.63, 3.8) is 0 Å². The summed E-state index contributed by atoms with van der Waals surface area (Å²) in [7, 11) is -3.98. The lowest BCUT2D eigenvalue weighted by Crippen LogP contribution is -2.07. The van der Waals surface area contributed by atoms with Crippen molar-refractivity contribution in [2.45, 2.75) is 16.7 Å². The number of nitrogen functional groups attached to an aromatic ring is 1. The Morgan fingerprint density at radius 2 is 1.69 bits per heavy atom. The second kappa shape index (κ2) is 7.54. The van der Waals surface area contributed by atoms with Gasteiger partial charge in [0.05, 0.1) is 22.1 Å². The predicted molar refractivity (Wildman–Crippen MR) is 123 cm³/mol. The van der Waals surface area contributed by atoms with Crippen LogP contribution < -0.4 is 5.73 Å². The summed E-state index contributed by atoms with van der Waals surface area (Å²) in [4.78, 5) is 13.2. The molecule has 5 aromatic rings. The summed E-state index contributed by atoms with van der Waals surface area (Å²) in [6.45, 7) is 1.83. The average Bonchev–Trinajstić information content (AvgIpc) is 3.07. The molecular weight excluding hydrogens is 424 g/mol. The van der Waals surface area contributed by atoms with Crippen molar-refractivity contribution < 1.29 is 8.42 Å². The van der Waals surface area contributed by atoms with Gasteiger partial charge in [0, 0.05) is 12.4 Å². The second-order valence-corrected chi connectivity index (χ2v) is 9.14. The van der Waals surface area contributed by atoms with Crippen LogP contribution >= 0.6 is 0 Å². The molecule has 0 saturated carbocycles. The third kappa shape index (κ3) is 3.28. The lowest BCUT2D eigenvalue weighted by Gasteiger charge is -2.05. The largest absolute Gasteiger partial charge is 0.382 e. The molecule has 9 heteroatoms. The molecule has 3 aromatic heterocycles. The van der Waals surface area contributed by atoms with Crippen molar-refractivity contribution in [1.29, 1.82) is 0 Å². The monoisotopic (exact) mass is 442 g/mol. The van der Waals surface area contributed by atoms with Crippen LogP contribution in [0.5, 0.6) is 0 Å². The van der Waals surface area contributed by atoms with Gasteiger partial charge in [-0.1, -0.05) is 24.3 Å². The summed E-state index contributed by atoms with van der Waals surface area (Å²) in [5.74, 6) is -0.0536. The number of para-hydroxylation sites is 2. The van der Waals surface area contributed by atoms with Crippen LogP contribution in [0.2, 0.25) is 0 Å². The highest BCUT2D eigenvalue weighted by Crippen LogP contribution is 2.35. The molecule has 0 atom stereocenters. The van der Waals surface area contributed by atoms with Crippen LogP contribution in [0.25, 0.3) is 22.2 Å². The predicted octanol–water partition coefficient (Wildman–Crippen LogP) is 3.59. The molecule has 0 unspecified atom stereocenters. The lowest BCUT2D eigenvalue weighted by atomic mass is 10.2. The average molecular weight is 443 g/mol. The van der Waals surface area contributed by atoms with E-state index in [-0.39, 0.29) is 26.8 Å². The number of aromatic nitrogens is 4. The smallest absolute Gasteiger partial charge is 0.212 e. The first-order chi connectivity index (χ1) is 15.4. The summed E-state index contributed by atoms with van der Waals surface area (Å²) in [5.41, 5.74) is 9.59. The Hall–Kier alpha value is -4.11. The Labute approximate surface area is 184 Å². The highest BCUT2D eigenvalue weighted by Gasteiger charge is 2.30. The van der Waals surface area contributed by atoms with Crippen molar-refractivity contribution >= 4 is 44.1 Å². The normalized spacial score (nSPS) is 12.2. The fraction of sp³-hybridized carbons (Fsp3) is 0.0435. The van der Waals surface area contributed by atoms with Gasteiger partial charge in [0.1, 0.15) is 16.2 Å². The first-order valence-corrected chi connectivity index (χ1v) is 11.3. The number of rotatable bonds is 4. The first kappa shape index (κ1) is 19.8. The summed E-state index contributed by atoms with van der Waals surface area (Å²) in [6, 6.07) is 17.5. The molecule has 0 aliphatic carbocycles. The highest BCUT2D eigenvalue weighted by atomic mass is 32.2.